The first-order valence-electron chi connectivity index (χ1n) is 8.08. The number of carbonyl (C=O) groups is 2. The van der Waals surface area contributed by atoms with Crippen molar-refractivity contribution in [2.24, 2.45) is 0 Å². The van der Waals surface area contributed by atoms with Crippen LogP contribution in [0, 0.1) is 0 Å². The zero-order valence-corrected chi connectivity index (χ0v) is 13.7. The van der Waals surface area contributed by atoms with Gasteiger partial charge < -0.3 is 15.4 Å². The van der Waals surface area contributed by atoms with E-state index in [-0.39, 0.29) is 11.8 Å². The summed E-state index contributed by atoms with van der Waals surface area (Å²) in [6.45, 7) is 0. The number of hydrogen-bond donors (Lipinski definition) is 2. The first-order chi connectivity index (χ1) is 12.7. The fourth-order valence-corrected chi connectivity index (χ4v) is 2.73. The van der Waals surface area contributed by atoms with Crippen molar-refractivity contribution >= 4 is 23.2 Å². The Morgan fingerprint density at radius 2 is 1.92 bits per heavy atom. The number of nitrogens with zero attached hydrogens (tertiary/aromatic N) is 1. The number of ether oxygens (including phenoxy) is 1. The quantitative estimate of drug-likeness (QED) is 0.762. The van der Waals surface area contributed by atoms with Gasteiger partial charge in [-0.2, -0.15) is 0 Å². The Morgan fingerprint density at radius 3 is 2.69 bits per heavy atom. The molecule has 0 fully saturated rings. The minimum absolute atomic E-state index is 0.251. The van der Waals surface area contributed by atoms with Gasteiger partial charge in [0.15, 0.2) is 0 Å². The molecular formula is C20H15N3O3. The second-order valence-corrected chi connectivity index (χ2v) is 5.80. The summed E-state index contributed by atoms with van der Waals surface area (Å²) in [6, 6.07) is 17.8. The average molecular weight is 345 g/mol. The van der Waals surface area contributed by atoms with Gasteiger partial charge in [-0.25, -0.2) is 0 Å². The number of nitrogens with one attached hydrogen (secondary N) is 2. The highest BCUT2D eigenvalue weighted by molar-refractivity contribution is 6.05. The van der Waals surface area contributed by atoms with E-state index in [1.54, 1.807) is 36.5 Å². The molecule has 0 bridgehead atoms. The highest BCUT2D eigenvalue weighted by Crippen LogP contribution is 2.36. The van der Waals surface area contributed by atoms with Crippen LogP contribution in [0.2, 0.25) is 0 Å². The van der Waals surface area contributed by atoms with E-state index in [0.717, 1.165) is 5.56 Å². The highest BCUT2D eigenvalue weighted by Gasteiger charge is 2.29. The van der Waals surface area contributed by atoms with Crippen LogP contribution in [-0.2, 0) is 4.79 Å². The van der Waals surface area contributed by atoms with Crippen molar-refractivity contribution in [3.8, 4) is 5.75 Å². The van der Waals surface area contributed by atoms with Crippen LogP contribution < -0.4 is 15.4 Å². The molecule has 128 valence electrons. The topological polar surface area (TPSA) is 80.3 Å². The molecule has 1 aliphatic rings. The lowest BCUT2D eigenvalue weighted by Crippen LogP contribution is -2.30. The van der Waals surface area contributed by atoms with Crippen molar-refractivity contribution in [2.75, 3.05) is 10.6 Å². The van der Waals surface area contributed by atoms with Gasteiger partial charge in [-0.1, -0.05) is 30.3 Å². The first-order valence-corrected chi connectivity index (χ1v) is 8.08. The molecule has 2 heterocycles. The second kappa shape index (κ2) is 6.68. The van der Waals surface area contributed by atoms with Crippen LogP contribution in [0.25, 0.3) is 0 Å². The predicted molar refractivity (Wildman–Crippen MR) is 97.1 cm³/mol. The standard InChI is InChI=1S/C20H15N3O3/c24-19(14-7-4-10-21-12-14)22-15-8-9-17-16(11-15)23-20(25)18(26-17)13-5-2-1-3-6-13/h1-12,18H,(H,22,24)(H,23,25). The van der Waals surface area contributed by atoms with Gasteiger partial charge in [0.25, 0.3) is 11.8 Å². The molecule has 6 heteroatoms. The molecule has 4 rings (SSSR count). The summed E-state index contributed by atoms with van der Waals surface area (Å²) in [5.74, 6) is 0.0283. The molecule has 26 heavy (non-hydrogen) atoms. The molecule has 6 nitrogen and oxygen atoms in total. The molecule has 0 aliphatic carbocycles. The van der Waals surface area contributed by atoms with Crippen LogP contribution >= 0.6 is 0 Å². The third kappa shape index (κ3) is 3.12. The number of fused-ring (bicyclic) bond motifs is 1. The summed E-state index contributed by atoms with van der Waals surface area (Å²) in [6.07, 6.45) is 2.40. The van der Waals surface area contributed by atoms with E-state index < -0.39 is 6.10 Å². The van der Waals surface area contributed by atoms with Crippen LogP contribution in [0.5, 0.6) is 5.75 Å². The van der Waals surface area contributed by atoms with Gasteiger partial charge in [0.1, 0.15) is 5.75 Å². The zero-order chi connectivity index (χ0) is 17.9. The molecule has 2 N–H and O–H groups in total. The number of rotatable bonds is 3. The molecule has 2 amide bonds. The molecule has 0 saturated heterocycles. The normalized spacial score (nSPS) is 15.4. The summed E-state index contributed by atoms with van der Waals surface area (Å²) in [5.41, 5.74) is 2.31. The largest absolute Gasteiger partial charge is 0.474 e. The van der Waals surface area contributed by atoms with Crippen molar-refractivity contribution in [1.29, 1.82) is 0 Å². The van der Waals surface area contributed by atoms with Gasteiger partial charge in [0, 0.05) is 23.6 Å². The summed E-state index contributed by atoms with van der Waals surface area (Å²) >= 11 is 0. The monoisotopic (exact) mass is 345 g/mol. The average Bonchev–Trinajstić information content (AvgIpc) is 2.69. The van der Waals surface area contributed by atoms with Crippen LogP contribution in [0.4, 0.5) is 11.4 Å². The second-order valence-electron chi connectivity index (χ2n) is 5.80. The van der Waals surface area contributed by atoms with Crippen LogP contribution in [0.1, 0.15) is 22.0 Å². The third-order valence-corrected chi connectivity index (χ3v) is 4.00. The van der Waals surface area contributed by atoms with E-state index in [9.17, 15) is 9.59 Å². The maximum Gasteiger partial charge on any atom is 0.270 e. The minimum atomic E-state index is -0.695. The number of aromatic nitrogens is 1. The Morgan fingerprint density at radius 1 is 1.08 bits per heavy atom. The fourth-order valence-electron chi connectivity index (χ4n) is 2.73. The van der Waals surface area contributed by atoms with Crippen molar-refractivity contribution in [3.63, 3.8) is 0 Å². The highest BCUT2D eigenvalue weighted by atomic mass is 16.5. The van der Waals surface area contributed by atoms with Crippen molar-refractivity contribution in [3.05, 3.63) is 84.2 Å². The predicted octanol–water partition coefficient (Wildman–Crippen LogP) is 3.41. The van der Waals surface area contributed by atoms with E-state index in [0.29, 0.717) is 22.7 Å². The maximum absolute atomic E-state index is 12.4. The summed E-state index contributed by atoms with van der Waals surface area (Å²) in [4.78, 5) is 28.5. The third-order valence-electron chi connectivity index (χ3n) is 4.00. The van der Waals surface area contributed by atoms with E-state index in [1.165, 1.54) is 6.20 Å². The number of amides is 2. The van der Waals surface area contributed by atoms with Crippen LogP contribution in [0.3, 0.4) is 0 Å². The van der Waals surface area contributed by atoms with Crippen molar-refractivity contribution in [2.45, 2.75) is 6.10 Å². The Kier molecular flexibility index (Phi) is 4.07. The SMILES string of the molecule is O=C(Nc1ccc2c(c1)NC(=O)C(c1ccccc1)O2)c1cccnc1. The number of hydrogen-bond acceptors (Lipinski definition) is 4. The molecule has 0 radical (unpaired) electrons. The van der Waals surface area contributed by atoms with Crippen molar-refractivity contribution in [1.82, 2.24) is 4.98 Å². The van der Waals surface area contributed by atoms with Gasteiger partial charge >= 0.3 is 0 Å². The van der Waals surface area contributed by atoms with Crippen LogP contribution in [0.15, 0.2) is 73.1 Å². The maximum atomic E-state index is 12.4. The van der Waals surface area contributed by atoms with Gasteiger partial charge in [-0.15, -0.1) is 0 Å². The summed E-state index contributed by atoms with van der Waals surface area (Å²) < 4.78 is 5.84. The summed E-state index contributed by atoms with van der Waals surface area (Å²) in [7, 11) is 0. The molecule has 0 saturated carbocycles. The summed E-state index contributed by atoms with van der Waals surface area (Å²) in [5, 5.41) is 5.61. The van der Waals surface area contributed by atoms with Gasteiger partial charge in [-0.05, 0) is 30.3 Å². The Balaban J connectivity index is 1.54. The number of anilines is 2. The number of benzene rings is 2. The lowest BCUT2D eigenvalue weighted by molar-refractivity contribution is -0.123. The molecule has 1 aliphatic heterocycles. The Labute approximate surface area is 149 Å². The molecule has 2 aromatic carbocycles. The number of carbonyl (C=O) groups excluding carboxylic acids is 2. The van der Waals surface area contributed by atoms with Crippen LogP contribution in [-0.4, -0.2) is 16.8 Å². The first kappa shape index (κ1) is 15.8. The lowest BCUT2D eigenvalue weighted by atomic mass is 10.1. The van der Waals surface area contributed by atoms with E-state index in [2.05, 4.69) is 15.6 Å². The minimum Gasteiger partial charge on any atom is -0.474 e. The molecule has 1 unspecified atom stereocenters. The fraction of sp³-hybridized carbons (Fsp3) is 0.0500. The zero-order valence-electron chi connectivity index (χ0n) is 13.7. The number of pyridine rings is 1. The van der Waals surface area contributed by atoms with E-state index in [4.69, 9.17) is 4.74 Å². The Hall–Kier alpha value is -3.67. The van der Waals surface area contributed by atoms with Gasteiger partial charge in [0.05, 0.1) is 11.3 Å². The molecule has 1 aromatic heterocycles. The molecule has 0 spiro atoms. The molecule has 3 aromatic rings. The molecule has 1 atom stereocenters. The molecular weight excluding hydrogens is 330 g/mol. The smallest absolute Gasteiger partial charge is 0.270 e. The van der Waals surface area contributed by atoms with E-state index >= 15 is 0 Å². The van der Waals surface area contributed by atoms with E-state index in [1.807, 2.05) is 30.3 Å². The van der Waals surface area contributed by atoms with Gasteiger partial charge in [-0.3, -0.25) is 14.6 Å². The van der Waals surface area contributed by atoms with Gasteiger partial charge in [0.2, 0.25) is 6.10 Å². The lowest BCUT2D eigenvalue weighted by Gasteiger charge is -2.26. The Bertz CT molecular complexity index is 959. The van der Waals surface area contributed by atoms with Crippen molar-refractivity contribution < 1.29 is 14.3 Å².